The predicted molar refractivity (Wildman–Crippen MR) is 121 cm³/mol. The van der Waals surface area contributed by atoms with Crippen LogP contribution in [0.4, 0.5) is 10.6 Å². The van der Waals surface area contributed by atoms with Crippen molar-refractivity contribution in [2.75, 3.05) is 5.32 Å². The summed E-state index contributed by atoms with van der Waals surface area (Å²) in [5.74, 6) is -0.132. The zero-order valence-electron chi connectivity index (χ0n) is 16.8. The fourth-order valence-corrected chi connectivity index (χ4v) is 3.59. The highest BCUT2D eigenvalue weighted by atomic mass is 35.5. The van der Waals surface area contributed by atoms with Gasteiger partial charge in [0.25, 0.3) is 0 Å². The molecule has 0 aliphatic heterocycles. The topological polar surface area (TPSA) is 99.4 Å². The van der Waals surface area contributed by atoms with E-state index in [9.17, 15) is 15.0 Å². The van der Waals surface area contributed by atoms with E-state index in [1.54, 1.807) is 4.68 Å². The predicted octanol–water partition coefficient (Wildman–Crippen LogP) is 4.78. The van der Waals surface area contributed by atoms with Crippen molar-refractivity contribution in [3.63, 3.8) is 0 Å². The minimum absolute atomic E-state index is 0.250. The van der Waals surface area contributed by atoms with E-state index in [0.717, 1.165) is 22.0 Å². The Morgan fingerprint density at radius 1 is 1.06 bits per heavy atom. The van der Waals surface area contributed by atoms with Crippen LogP contribution in [0, 0.1) is 6.92 Å². The summed E-state index contributed by atoms with van der Waals surface area (Å²) in [5.41, 5.74) is 3.51. The standard InChI is InChI=1S/C23H21ClN4O3/c1-14-5-4-6-15(9-14)12-25-23(31)26-22-17-7-2-3-8-19(17)28(27-22)13-16-10-20(29)21(30)11-18(16)24/h2-11,29-30H,12-13H2,1H3,(H2,25,26,27,31). The van der Waals surface area contributed by atoms with Crippen LogP contribution in [-0.4, -0.2) is 26.0 Å². The maximum absolute atomic E-state index is 12.5. The number of aromatic nitrogens is 2. The third-order valence-corrected chi connectivity index (χ3v) is 5.24. The fourth-order valence-electron chi connectivity index (χ4n) is 3.37. The minimum atomic E-state index is -0.364. The number of carbonyl (C=O) groups excluding carboxylic acids is 1. The molecule has 0 aliphatic rings. The van der Waals surface area contributed by atoms with Gasteiger partial charge in [-0.15, -0.1) is 0 Å². The largest absolute Gasteiger partial charge is 0.504 e. The summed E-state index contributed by atoms with van der Waals surface area (Å²) < 4.78 is 1.68. The molecule has 31 heavy (non-hydrogen) atoms. The van der Waals surface area contributed by atoms with Gasteiger partial charge in [0.2, 0.25) is 0 Å². The van der Waals surface area contributed by atoms with Gasteiger partial charge in [-0.1, -0.05) is 53.6 Å². The molecule has 8 heteroatoms. The molecule has 0 atom stereocenters. The van der Waals surface area contributed by atoms with Crippen molar-refractivity contribution in [1.82, 2.24) is 15.1 Å². The first kappa shape index (κ1) is 20.6. The number of hydrogen-bond donors (Lipinski definition) is 4. The van der Waals surface area contributed by atoms with E-state index < -0.39 is 0 Å². The highest BCUT2D eigenvalue weighted by molar-refractivity contribution is 6.31. The summed E-state index contributed by atoms with van der Waals surface area (Å²) in [7, 11) is 0. The average molecular weight is 437 g/mol. The zero-order valence-corrected chi connectivity index (χ0v) is 17.5. The van der Waals surface area contributed by atoms with E-state index in [2.05, 4.69) is 15.7 Å². The molecule has 0 fully saturated rings. The van der Waals surface area contributed by atoms with Crippen molar-refractivity contribution < 1.29 is 15.0 Å². The fraction of sp³-hybridized carbons (Fsp3) is 0.130. The first-order valence-electron chi connectivity index (χ1n) is 9.67. The number of nitrogens with zero attached hydrogens (tertiary/aromatic N) is 2. The van der Waals surface area contributed by atoms with Crippen molar-refractivity contribution in [3.8, 4) is 11.5 Å². The number of anilines is 1. The molecular formula is C23H21ClN4O3. The second kappa shape index (κ2) is 8.57. The number of carbonyl (C=O) groups is 1. The summed E-state index contributed by atoms with van der Waals surface area (Å²) in [6, 6.07) is 17.7. The van der Waals surface area contributed by atoms with Gasteiger partial charge in [0, 0.05) is 23.0 Å². The molecule has 4 aromatic rings. The number of para-hydroxylation sites is 1. The van der Waals surface area contributed by atoms with Crippen LogP contribution in [0.5, 0.6) is 11.5 Å². The third kappa shape index (κ3) is 4.57. The molecule has 0 radical (unpaired) electrons. The van der Waals surface area contributed by atoms with Gasteiger partial charge in [-0.2, -0.15) is 5.10 Å². The molecule has 1 aromatic heterocycles. The molecule has 7 nitrogen and oxygen atoms in total. The van der Waals surface area contributed by atoms with Gasteiger partial charge in [0.1, 0.15) is 0 Å². The lowest BCUT2D eigenvalue weighted by atomic mass is 10.1. The lowest BCUT2D eigenvalue weighted by Crippen LogP contribution is -2.28. The number of phenolic OH excluding ortho intramolecular Hbond substituents is 2. The van der Waals surface area contributed by atoms with Gasteiger partial charge in [0.05, 0.1) is 12.1 Å². The van der Waals surface area contributed by atoms with Gasteiger partial charge < -0.3 is 15.5 Å². The SMILES string of the molecule is Cc1cccc(CNC(=O)Nc2nn(Cc3cc(O)c(O)cc3Cl)c3ccccc23)c1. The van der Waals surface area contributed by atoms with Gasteiger partial charge >= 0.3 is 6.03 Å². The monoisotopic (exact) mass is 436 g/mol. The molecular weight excluding hydrogens is 416 g/mol. The Morgan fingerprint density at radius 3 is 2.65 bits per heavy atom. The van der Waals surface area contributed by atoms with Crippen LogP contribution >= 0.6 is 11.6 Å². The molecule has 4 rings (SSSR count). The molecule has 3 aromatic carbocycles. The summed E-state index contributed by atoms with van der Waals surface area (Å²) in [6.07, 6.45) is 0. The van der Waals surface area contributed by atoms with Crippen molar-refractivity contribution in [2.24, 2.45) is 0 Å². The average Bonchev–Trinajstić information content (AvgIpc) is 3.08. The van der Waals surface area contributed by atoms with Gasteiger partial charge in [-0.05, 0) is 36.2 Å². The lowest BCUT2D eigenvalue weighted by molar-refractivity contribution is 0.251. The van der Waals surface area contributed by atoms with Crippen LogP contribution in [0.25, 0.3) is 10.9 Å². The Morgan fingerprint density at radius 2 is 1.84 bits per heavy atom. The van der Waals surface area contributed by atoms with Crippen LogP contribution in [-0.2, 0) is 13.1 Å². The number of urea groups is 1. The Kier molecular flexibility index (Phi) is 5.68. The Balaban J connectivity index is 1.55. The third-order valence-electron chi connectivity index (χ3n) is 4.89. The minimum Gasteiger partial charge on any atom is -0.504 e. The number of aromatic hydroxyl groups is 2. The van der Waals surface area contributed by atoms with Crippen molar-refractivity contribution >= 4 is 34.4 Å². The molecule has 158 valence electrons. The van der Waals surface area contributed by atoms with Crippen LogP contribution in [0.2, 0.25) is 5.02 Å². The maximum atomic E-state index is 12.5. The van der Waals surface area contributed by atoms with E-state index >= 15 is 0 Å². The second-order valence-electron chi connectivity index (χ2n) is 7.25. The van der Waals surface area contributed by atoms with E-state index in [4.69, 9.17) is 11.6 Å². The van der Waals surface area contributed by atoms with Crippen LogP contribution < -0.4 is 10.6 Å². The first-order chi connectivity index (χ1) is 14.9. The number of fused-ring (bicyclic) bond motifs is 1. The normalized spacial score (nSPS) is 10.9. The number of hydrogen-bond acceptors (Lipinski definition) is 4. The Hall–Kier alpha value is -3.71. The molecule has 2 amide bonds. The molecule has 1 heterocycles. The maximum Gasteiger partial charge on any atom is 0.320 e. The highest BCUT2D eigenvalue weighted by Gasteiger charge is 2.15. The molecule has 4 N–H and O–H groups in total. The Labute approximate surface area is 183 Å². The Bertz CT molecular complexity index is 1270. The molecule has 0 unspecified atom stereocenters. The molecule has 0 bridgehead atoms. The number of rotatable bonds is 5. The summed E-state index contributed by atoms with van der Waals surface area (Å²) >= 11 is 6.21. The van der Waals surface area contributed by atoms with E-state index in [1.165, 1.54) is 12.1 Å². The zero-order chi connectivity index (χ0) is 22.0. The van der Waals surface area contributed by atoms with Gasteiger partial charge in [-0.25, -0.2) is 4.79 Å². The number of amides is 2. The van der Waals surface area contributed by atoms with E-state index in [0.29, 0.717) is 22.9 Å². The number of phenols is 2. The molecule has 0 saturated carbocycles. The quantitative estimate of drug-likeness (QED) is 0.338. The van der Waals surface area contributed by atoms with Crippen molar-refractivity contribution in [2.45, 2.75) is 20.0 Å². The summed E-state index contributed by atoms with van der Waals surface area (Å²) in [5, 5.41) is 30.7. The van der Waals surface area contributed by atoms with Crippen molar-refractivity contribution in [3.05, 3.63) is 82.4 Å². The van der Waals surface area contributed by atoms with Gasteiger partial charge in [-0.3, -0.25) is 10.00 Å². The summed E-state index contributed by atoms with van der Waals surface area (Å²) in [6.45, 7) is 2.65. The number of nitrogens with one attached hydrogen (secondary N) is 2. The molecule has 0 saturated heterocycles. The first-order valence-corrected chi connectivity index (χ1v) is 10.0. The number of aryl methyl sites for hydroxylation is 1. The highest BCUT2D eigenvalue weighted by Crippen LogP contribution is 2.32. The van der Waals surface area contributed by atoms with Crippen molar-refractivity contribution in [1.29, 1.82) is 0 Å². The second-order valence-corrected chi connectivity index (χ2v) is 7.66. The molecule has 0 aliphatic carbocycles. The van der Waals surface area contributed by atoms with E-state index in [1.807, 2.05) is 55.5 Å². The number of halogens is 1. The van der Waals surface area contributed by atoms with Crippen LogP contribution in [0.3, 0.4) is 0 Å². The lowest BCUT2D eigenvalue weighted by Gasteiger charge is -2.08. The van der Waals surface area contributed by atoms with Crippen LogP contribution in [0.1, 0.15) is 16.7 Å². The number of benzene rings is 3. The van der Waals surface area contributed by atoms with Crippen LogP contribution in [0.15, 0.2) is 60.7 Å². The summed E-state index contributed by atoms with van der Waals surface area (Å²) in [4.78, 5) is 12.5. The smallest absolute Gasteiger partial charge is 0.320 e. The van der Waals surface area contributed by atoms with Gasteiger partial charge in [0.15, 0.2) is 17.3 Å². The van der Waals surface area contributed by atoms with E-state index in [-0.39, 0.29) is 24.1 Å². The molecule has 0 spiro atoms.